The molecule has 0 aliphatic rings. The molecule has 0 saturated heterocycles. The van der Waals surface area contributed by atoms with Crippen LogP contribution in [0.3, 0.4) is 0 Å². The maximum Gasteiger partial charge on any atom is 0.0646 e. The fraction of sp³-hybridized carbons (Fsp3) is 0.500. The third-order valence-corrected chi connectivity index (χ3v) is 0.419. The summed E-state index contributed by atoms with van der Waals surface area (Å²) in [4.78, 5) is 3.66. The van der Waals surface area contributed by atoms with Crippen molar-refractivity contribution in [3.05, 3.63) is 0 Å². The number of nitrogens with zero attached hydrogens (tertiary/aromatic N) is 2. The molecule has 0 unspecified atom stereocenters. The molecule has 0 atom stereocenters. The van der Waals surface area contributed by atoms with E-state index in [1.807, 2.05) is 0 Å². The Morgan fingerprint density at radius 1 is 1.43 bits per heavy atom. The van der Waals surface area contributed by atoms with E-state index in [0.29, 0.717) is 0 Å². The highest BCUT2D eigenvalue weighted by Crippen LogP contribution is 1.47. The molecule has 0 aromatic rings. The van der Waals surface area contributed by atoms with Gasteiger partial charge in [0.1, 0.15) is 0 Å². The van der Waals surface area contributed by atoms with Crippen LogP contribution in [-0.4, -0.2) is 26.5 Å². The lowest BCUT2D eigenvalue weighted by atomic mass is 10.8. The second-order valence-electron chi connectivity index (χ2n) is 0.909. The van der Waals surface area contributed by atoms with E-state index in [9.17, 15) is 0 Å². The number of hydrogen-bond acceptors (Lipinski definition) is 3. The van der Waals surface area contributed by atoms with Gasteiger partial charge in [-0.15, -0.1) is 0 Å². The van der Waals surface area contributed by atoms with Gasteiger partial charge in [0.2, 0.25) is 0 Å². The van der Waals surface area contributed by atoms with Crippen LogP contribution in [0.4, 0.5) is 0 Å². The monoisotopic (exact) mass is 99.1 g/mol. The summed E-state index contributed by atoms with van der Waals surface area (Å²) in [5.74, 6) is 0. The van der Waals surface area contributed by atoms with Crippen LogP contribution in [0.5, 0.6) is 0 Å². The van der Waals surface area contributed by atoms with Gasteiger partial charge in [-0.1, -0.05) is 0 Å². The van der Waals surface area contributed by atoms with Crippen molar-refractivity contribution in [3.8, 4) is 0 Å². The van der Waals surface area contributed by atoms with Gasteiger partial charge in [-0.25, -0.2) is 0 Å². The molecule has 1 N–H and O–H groups in total. The highest BCUT2D eigenvalue weighted by atomic mass is 15.3. The molecule has 0 aromatic heterocycles. The van der Waals surface area contributed by atoms with E-state index in [1.165, 1.54) is 0 Å². The van der Waals surface area contributed by atoms with Crippen molar-refractivity contribution in [3.63, 3.8) is 0 Å². The Bertz CT molecular complexity index is 75.0. The molecule has 40 valence electrons. The van der Waals surface area contributed by atoms with Gasteiger partial charge in [-0.05, 0) is 0 Å². The zero-order valence-corrected chi connectivity index (χ0v) is 4.55. The molecule has 0 aliphatic carbocycles. The van der Waals surface area contributed by atoms with E-state index in [2.05, 4.69) is 15.5 Å². The van der Waals surface area contributed by atoms with Crippen LogP contribution in [0.25, 0.3) is 0 Å². The summed E-state index contributed by atoms with van der Waals surface area (Å²) in [6, 6.07) is 0. The Morgan fingerprint density at radius 2 is 2.14 bits per heavy atom. The molecule has 0 saturated carbocycles. The highest BCUT2D eigenvalue weighted by Gasteiger charge is 1.55. The molecule has 0 aromatic carbocycles. The Labute approximate surface area is 43.1 Å². The molecule has 3 nitrogen and oxygen atoms in total. The summed E-state index contributed by atoms with van der Waals surface area (Å²) in [5.41, 5.74) is 2.58. The maximum absolute atomic E-state index is 3.66. The van der Waals surface area contributed by atoms with E-state index < -0.39 is 0 Å². The summed E-state index contributed by atoms with van der Waals surface area (Å²) < 4.78 is 0. The molecular weight excluding hydrogens is 90.1 g/mol. The van der Waals surface area contributed by atoms with Crippen LogP contribution in [0.1, 0.15) is 0 Å². The molecule has 0 aliphatic heterocycles. The van der Waals surface area contributed by atoms with Crippen molar-refractivity contribution >= 4 is 12.4 Å². The molecule has 7 heavy (non-hydrogen) atoms. The number of aliphatic imine (C=N–C) groups is 1. The molecule has 0 heterocycles. The number of rotatable bonds is 2. The standard InChI is InChI=1S/C4H9N3/c1-5-3-4-7-6-2/h3-4,6H,1-2H3. The van der Waals surface area contributed by atoms with E-state index in [1.54, 1.807) is 26.5 Å². The molecule has 0 spiro atoms. The van der Waals surface area contributed by atoms with Crippen molar-refractivity contribution in [1.82, 2.24) is 5.43 Å². The molecule has 0 bridgehead atoms. The largest absolute Gasteiger partial charge is 0.313 e. The fourth-order valence-corrected chi connectivity index (χ4v) is 0.175. The van der Waals surface area contributed by atoms with Crippen molar-refractivity contribution in [1.29, 1.82) is 0 Å². The normalized spacial score (nSPS) is 11.1. The van der Waals surface area contributed by atoms with Crippen LogP contribution in [0, 0.1) is 0 Å². The summed E-state index contributed by atoms with van der Waals surface area (Å²) in [5, 5.41) is 3.64. The van der Waals surface area contributed by atoms with Gasteiger partial charge in [-0.2, -0.15) is 5.10 Å². The Balaban J connectivity index is 3.09. The van der Waals surface area contributed by atoms with Crippen LogP contribution < -0.4 is 5.43 Å². The van der Waals surface area contributed by atoms with Gasteiger partial charge in [-0.3, -0.25) is 4.99 Å². The van der Waals surface area contributed by atoms with E-state index in [-0.39, 0.29) is 0 Å². The quantitative estimate of drug-likeness (QED) is 0.380. The van der Waals surface area contributed by atoms with Crippen LogP contribution in [0.2, 0.25) is 0 Å². The van der Waals surface area contributed by atoms with Crippen LogP contribution >= 0.6 is 0 Å². The third kappa shape index (κ3) is 5.14. The van der Waals surface area contributed by atoms with Gasteiger partial charge < -0.3 is 5.43 Å². The first-order valence-corrected chi connectivity index (χ1v) is 2.02. The number of hydrogen-bond donors (Lipinski definition) is 1. The average molecular weight is 99.1 g/mol. The summed E-state index contributed by atoms with van der Waals surface area (Å²) in [6.45, 7) is 0. The number of hydrazone groups is 1. The first-order chi connectivity index (χ1) is 3.41. The van der Waals surface area contributed by atoms with Gasteiger partial charge in [0.25, 0.3) is 0 Å². The molecule has 3 heteroatoms. The van der Waals surface area contributed by atoms with Gasteiger partial charge in [0.05, 0.1) is 6.21 Å². The topological polar surface area (TPSA) is 36.8 Å². The zero-order valence-electron chi connectivity index (χ0n) is 4.55. The Kier molecular flexibility index (Phi) is 4.51. The fourth-order valence-electron chi connectivity index (χ4n) is 0.175. The zero-order chi connectivity index (χ0) is 5.54. The van der Waals surface area contributed by atoms with Crippen LogP contribution in [0.15, 0.2) is 10.1 Å². The maximum atomic E-state index is 3.66. The van der Waals surface area contributed by atoms with Crippen molar-refractivity contribution in [2.24, 2.45) is 10.1 Å². The van der Waals surface area contributed by atoms with Gasteiger partial charge in [0, 0.05) is 20.3 Å². The van der Waals surface area contributed by atoms with Gasteiger partial charge in [0.15, 0.2) is 0 Å². The molecule has 0 fully saturated rings. The first kappa shape index (κ1) is 6.14. The predicted octanol–water partition coefficient (Wildman–Crippen LogP) is -0.108. The lowest BCUT2D eigenvalue weighted by Crippen LogP contribution is -1.93. The Hall–Kier alpha value is -0.860. The molecule has 0 radical (unpaired) electrons. The SMILES string of the molecule is CN=CC=NNC. The summed E-state index contributed by atoms with van der Waals surface area (Å²) >= 11 is 0. The summed E-state index contributed by atoms with van der Waals surface area (Å²) in [6.07, 6.45) is 3.19. The molecular formula is C4H9N3. The molecule has 0 amide bonds. The minimum absolute atomic E-state index is 1.58. The lowest BCUT2D eigenvalue weighted by Gasteiger charge is -1.77. The first-order valence-electron chi connectivity index (χ1n) is 2.02. The third-order valence-electron chi connectivity index (χ3n) is 0.419. The lowest BCUT2D eigenvalue weighted by molar-refractivity contribution is 0.910. The van der Waals surface area contributed by atoms with Gasteiger partial charge >= 0.3 is 0 Å². The predicted molar refractivity (Wildman–Crippen MR) is 32.0 cm³/mol. The van der Waals surface area contributed by atoms with Crippen LogP contribution in [-0.2, 0) is 0 Å². The smallest absolute Gasteiger partial charge is 0.0646 e. The van der Waals surface area contributed by atoms with E-state index in [0.717, 1.165) is 0 Å². The van der Waals surface area contributed by atoms with Crippen molar-refractivity contribution in [2.45, 2.75) is 0 Å². The molecule has 0 rings (SSSR count). The average Bonchev–Trinajstić information content (AvgIpc) is 1.69. The van der Waals surface area contributed by atoms with E-state index >= 15 is 0 Å². The summed E-state index contributed by atoms with van der Waals surface area (Å²) in [7, 11) is 3.43. The second kappa shape index (κ2) is 5.14. The highest BCUT2D eigenvalue weighted by molar-refractivity contribution is 6.15. The minimum atomic E-state index is 1.58. The number of nitrogens with one attached hydrogen (secondary N) is 1. The van der Waals surface area contributed by atoms with Crippen molar-refractivity contribution in [2.75, 3.05) is 14.1 Å². The van der Waals surface area contributed by atoms with E-state index in [4.69, 9.17) is 0 Å². The minimum Gasteiger partial charge on any atom is -0.313 e. The Morgan fingerprint density at radius 3 is 2.57 bits per heavy atom. The second-order valence-corrected chi connectivity index (χ2v) is 0.909. The van der Waals surface area contributed by atoms with Crippen molar-refractivity contribution < 1.29 is 0 Å².